The van der Waals surface area contributed by atoms with Crippen molar-refractivity contribution in [2.45, 2.75) is 43.7 Å². The van der Waals surface area contributed by atoms with E-state index in [4.69, 9.17) is 26.8 Å². The number of ether oxygens (including phenoxy) is 2. The molecule has 6 atom stereocenters. The normalized spacial score (nSPS) is 28.7. The molecule has 2 aromatic rings. The van der Waals surface area contributed by atoms with Crippen LogP contribution in [0, 0.1) is 0 Å². The van der Waals surface area contributed by atoms with Crippen LogP contribution in [0.2, 0.25) is 0 Å². The van der Waals surface area contributed by atoms with Crippen LogP contribution in [-0.2, 0) is 30.6 Å². The molecule has 4 N–H and O–H groups in total. The molecular formula is C17H25F2N7O5PS+. The average molecular weight is 508 g/mol. The first-order chi connectivity index (χ1) is 15.3. The average Bonchev–Trinajstić information content (AvgIpc) is 3.23. The van der Waals surface area contributed by atoms with Gasteiger partial charge in [-0.3, -0.25) is 9.36 Å². The van der Waals surface area contributed by atoms with Crippen molar-refractivity contribution in [3.05, 3.63) is 6.33 Å². The quantitative estimate of drug-likeness (QED) is 0.340. The molecule has 1 aliphatic rings. The number of hydrogen-bond donors (Lipinski definition) is 3. The Labute approximate surface area is 194 Å². The number of anilines is 2. The SMILES string of the molecule is COC(=O)[C@@H](C)N[P+](=S)OC[C@@]1(F)O[C@@H](n2cnc3c(N(C)C)nc(N)nc32)[C@](C)(F)[C@@H]1O. The van der Waals surface area contributed by atoms with E-state index in [9.17, 15) is 9.90 Å². The highest BCUT2D eigenvalue weighted by atomic mass is 32.4. The van der Waals surface area contributed by atoms with E-state index in [1.807, 2.05) is 0 Å². The van der Waals surface area contributed by atoms with Crippen LogP contribution < -0.4 is 15.7 Å². The fourth-order valence-corrected chi connectivity index (χ4v) is 4.76. The molecule has 0 amide bonds. The predicted octanol–water partition coefficient (Wildman–Crippen LogP) is 0.700. The molecule has 3 rings (SSSR count). The molecule has 0 aliphatic carbocycles. The maximum Gasteiger partial charge on any atom is 0.440 e. The van der Waals surface area contributed by atoms with Gasteiger partial charge in [-0.15, -0.1) is 4.52 Å². The molecule has 182 valence electrons. The van der Waals surface area contributed by atoms with Gasteiger partial charge in [0.15, 0.2) is 41.6 Å². The van der Waals surface area contributed by atoms with Gasteiger partial charge in [-0.25, -0.2) is 13.8 Å². The summed E-state index contributed by atoms with van der Waals surface area (Å²) in [5.41, 5.74) is 3.54. The summed E-state index contributed by atoms with van der Waals surface area (Å²) < 4.78 is 47.4. The van der Waals surface area contributed by atoms with Crippen molar-refractivity contribution in [2.75, 3.05) is 38.4 Å². The second-order valence-electron chi connectivity index (χ2n) is 7.84. The van der Waals surface area contributed by atoms with Gasteiger partial charge in [0.05, 0.1) is 13.4 Å². The van der Waals surface area contributed by atoms with Gasteiger partial charge in [-0.05, 0) is 13.8 Å². The number of carbonyl (C=O) groups excluding carboxylic acids is 1. The maximum atomic E-state index is 15.6. The van der Waals surface area contributed by atoms with Crippen LogP contribution in [-0.4, -0.2) is 82.1 Å². The Hall–Kier alpha value is -2.16. The Morgan fingerprint density at radius 1 is 1.52 bits per heavy atom. The Kier molecular flexibility index (Phi) is 7.13. The number of imidazole rings is 1. The number of aliphatic hydroxyl groups is 1. The minimum Gasteiger partial charge on any atom is -0.468 e. The van der Waals surface area contributed by atoms with Crippen LogP contribution in [0.1, 0.15) is 20.1 Å². The zero-order valence-corrected chi connectivity index (χ0v) is 20.2. The lowest BCUT2D eigenvalue weighted by Crippen LogP contribution is -2.46. The van der Waals surface area contributed by atoms with Gasteiger partial charge in [-0.1, -0.05) is 5.09 Å². The number of halogens is 2. The second kappa shape index (κ2) is 9.24. The first-order valence-electron chi connectivity index (χ1n) is 9.67. The summed E-state index contributed by atoms with van der Waals surface area (Å²) in [5.74, 6) is -3.29. The fraction of sp³-hybridized carbons (Fsp3) is 0.647. The summed E-state index contributed by atoms with van der Waals surface area (Å²) in [5, 5.41) is 13.1. The lowest BCUT2D eigenvalue weighted by atomic mass is 9.97. The number of hydrogen-bond acceptors (Lipinski definition) is 11. The Morgan fingerprint density at radius 2 is 2.18 bits per heavy atom. The van der Waals surface area contributed by atoms with Crippen LogP contribution in [0.25, 0.3) is 11.2 Å². The third-order valence-electron chi connectivity index (χ3n) is 5.06. The van der Waals surface area contributed by atoms with Gasteiger partial charge in [0.2, 0.25) is 17.8 Å². The largest absolute Gasteiger partial charge is 0.468 e. The van der Waals surface area contributed by atoms with Gasteiger partial charge in [0.25, 0.3) is 5.85 Å². The lowest BCUT2D eigenvalue weighted by molar-refractivity contribution is -0.201. The molecule has 1 unspecified atom stereocenters. The van der Waals surface area contributed by atoms with Crippen molar-refractivity contribution < 1.29 is 32.7 Å². The van der Waals surface area contributed by atoms with Gasteiger partial charge in [0, 0.05) is 14.1 Å². The Balaban J connectivity index is 1.85. The molecule has 33 heavy (non-hydrogen) atoms. The third-order valence-corrected chi connectivity index (χ3v) is 6.66. The standard InChI is InChI=1S/C17H25F2N7O5PS/c1-8(12(27)29-5)24-32(33)30-6-17(19)13(28)16(2,18)14(31-17)26-7-21-9-10(25(3)4)22-15(20)23-11(9)26/h7-8,13-14,28H,6H2,1-5H3,(H,24,33)(H2,20,22,23)/q+1/t8-,13+,14-,16-,17-/m1/s1. The molecule has 0 radical (unpaired) electrons. The van der Waals surface area contributed by atoms with E-state index in [0.29, 0.717) is 5.82 Å². The topological polar surface area (TPSA) is 150 Å². The number of fused-ring (bicyclic) bond motifs is 1. The van der Waals surface area contributed by atoms with Crippen LogP contribution in [0.15, 0.2) is 6.33 Å². The van der Waals surface area contributed by atoms with Gasteiger partial charge >= 0.3 is 13.0 Å². The number of carbonyl (C=O) groups is 1. The maximum absolute atomic E-state index is 15.6. The molecule has 1 aliphatic heterocycles. The molecule has 1 saturated heterocycles. The molecule has 0 spiro atoms. The third kappa shape index (κ3) is 4.74. The summed E-state index contributed by atoms with van der Waals surface area (Å²) >= 11 is 5.06. The number of aliphatic hydroxyl groups excluding tert-OH is 1. The van der Waals surface area contributed by atoms with E-state index in [1.54, 1.807) is 19.0 Å². The summed E-state index contributed by atoms with van der Waals surface area (Å²) in [6.07, 6.45) is -2.70. The summed E-state index contributed by atoms with van der Waals surface area (Å²) in [4.78, 5) is 25.5. The van der Waals surface area contributed by atoms with Crippen molar-refractivity contribution in [1.29, 1.82) is 0 Å². The van der Waals surface area contributed by atoms with Crippen LogP contribution in [0.4, 0.5) is 20.5 Å². The molecule has 16 heteroatoms. The molecular weight excluding hydrogens is 483 g/mol. The smallest absolute Gasteiger partial charge is 0.440 e. The van der Waals surface area contributed by atoms with Crippen LogP contribution in [0.3, 0.4) is 0 Å². The summed E-state index contributed by atoms with van der Waals surface area (Å²) in [6.45, 7) is 1.57. The molecule has 2 aromatic heterocycles. The summed E-state index contributed by atoms with van der Waals surface area (Å²) in [7, 11) is 2.68. The van der Waals surface area contributed by atoms with E-state index in [1.165, 1.54) is 20.4 Å². The predicted molar refractivity (Wildman–Crippen MR) is 118 cm³/mol. The number of nitrogens with one attached hydrogen (secondary N) is 1. The number of rotatable bonds is 8. The highest BCUT2D eigenvalue weighted by molar-refractivity contribution is 8.02. The molecule has 12 nitrogen and oxygen atoms in total. The highest BCUT2D eigenvalue weighted by Crippen LogP contribution is 2.49. The highest BCUT2D eigenvalue weighted by Gasteiger charge is 2.65. The van der Waals surface area contributed by atoms with Crippen molar-refractivity contribution in [1.82, 2.24) is 24.6 Å². The molecule has 0 bridgehead atoms. The van der Waals surface area contributed by atoms with Crippen LogP contribution >= 0.6 is 7.07 Å². The van der Waals surface area contributed by atoms with Crippen molar-refractivity contribution in [3.63, 3.8) is 0 Å². The molecule has 0 aromatic carbocycles. The monoisotopic (exact) mass is 508 g/mol. The van der Waals surface area contributed by atoms with Gasteiger partial charge in [-0.2, -0.15) is 9.97 Å². The molecule has 1 fully saturated rings. The number of aromatic nitrogens is 4. The Morgan fingerprint density at radius 3 is 2.79 bits per heavy atom. The number of nitrogens with two attached hydrogens (primary N) is 1. The van der Waals surface area contributed by atoms with E-state index < -0.39 is 49.5 Å². The first-order valence-corrected chi connectivity index (χ1v) is 11.9. The zero-order chi connectivity index (χ0) is 24.7. The molecule has 3 heterocycles. The van der Waals surface area contributed by atoms with Crippen LogP contribution in [0.5, 0.6) is 0 Å². The van der Waals surface area contributed by atoms with Gasteiger partial charge in [0.1, 0.15) is 6.04 Å². The fourth-order valence-electron chi connectivity index (χ4n) is 3.34. The lowest BCUT2D eigenvalue weighted by Gasteiger charge is -2.24. The first kappa shape index (κ1) is 25.5. The zero-order valence-electron chi connectivity index (χ0n) is 18.5. The summed E-state index contributed by atoms with van der Waals surface area (Å²) in [6, 6.07) is -0.809. The van der Waals surface area contributed by atoms with Crippen molar-refractivity contribution in [3.8, 4) is 0 Å². The van der Waals surface area contributed by atoms with E-state index in [0.717, 1.165) is 11.5 Å². The molecule has 0 saturated carbocycles. The Bertz CT molecular complexity index is 1070. The number of nitrogens with zero attached hydrogens (tertiary/aromatic N) is 5. The van der Waals surface area contributed by atoms with Crippen molar-refractivity contribution in [2.24, 2.45) is 0 Å². The second-order valence-corrected chi connectivity index (χ2v) is 9.86. The van der Waals surface area contributed by atoms with Gasteiger partial charge < -0.3 is 25.2 Å². The number of alkyl halides is 2. The van der Waals surface area contributed by atoms with E-state index in [-0.39, 0.29) is 17.1 Å². The van der Waals surface area contributed by atoms with E-state index >= 15 is 8.78 Å². The van der Waals surface area contributed by atoms with Crippen molar-refractivity contribution >= 4 is 47.8 Å². The minimum atomic E-state index is -2.96. The van der Waals surface area contributed by atoms with E-state index in [2.05, 4.69) is 24.8 Å². The number of esters is 1. The number of nitrogen functional groups attached to an aromatic ring is 1. The number of methoxy groups -OCH3 is 1. The minimum absolute atomic E-state index is 0.0940.